The Morgan fingerprint density at radius 3 is 2.08 bits per heavy atom. The van der Waals surface area contributed by atoms with Crippen molar-refractivity contribution >= 4 is 80.2 Å². The van der Waals surface area contributed by atoms with Crippen LogP contribution < -0.4 is 39.4 Å². The number of hydrogen-bond donors (Lipinski definition) is 4. The van der Waals surface area contributed by atoms with E-state index >= 15 is 0 Å². The van der Waals surface area contributed by atoms with Gasteiger partial charge in [-0.2, -0.15) is 8.42 Å². The molecule has 4 N–H and O–H groups in total. The Bertz CT molecular complexity index is 2630. The number of hydrogen-bond acceptors (Lipinski definition) is 16. The highest BCUT2D eigenvalue weighted by Crippen LogP contribution is 2.48. The van der Waals surface area contributed by atoms with E-state index in [0.717, 1.165) is 4.57 Å². The van der Waals surface area contributed by atoms with Gasteiger partial charge in [-0.3, -0.25) is 42.5 Å². The molecule has 0 atom stereocenters. The quantitative estimate of drug-likeness (QED) is 0.164. The van der Waals surface area contributed by atoms with Gasteiger partial charge in [-0.25, -0.2) is 9.69 Å². The summed E-state index contributed by atoms with van der Waals surface area (Å²) in [5.41, 5.74) is -1.30. The minimum absolute atomic E-state index is 0.000996. The van der Waals surface area contributed by atoms with Crippen molar-refractivity contribution in [3.05, 3.63) is 62.7 Å². The predicted molar refractivity (Wildman–Crippen MR) is 177 cm³/mol. The van der Waals surface area contributed by atoms with E-state index in [1.54, 1.807) is 17.0 Å². The van der Waals surface area contributed by atoms with Gasteiger partial charge in [0.15, 0.2) is 17.2 Å². The van der Waals surface area contributed by atoms with E-state index in [-0.39, 0.29) is 51.1 Å². The molecule has 3 aliphatic heterocycles. The lowest BCUT2D eigenvalue weighted by atomic mass is 10.2. The number of nitrogens with zero attached hydrogens (tertiary/aromatic N) is 4. The van der Waals surface area contributed by atoms with Gasteiger partial charge in [-0.15, -0.1) is 22.7 Å². The van der Waals surface area contributed by atoms with E-state index < -0.39 is 91.5 Å². The largest absolute Gasteiger partial charge is 0.480 e. The first kappa shape index (κ1) is 36.8. The van der Waals surface area contributed by atoms with Gasteiger partial charge in [-0.05, 0) is 19.4 Å². The van der Waals surface area contributed by atoms with Crippen molar-refractivity contribution in [2.75, 3.05) is 30.5 Å². The molecule has 0 bridgehead atoms. The molecule has 1 aromatic carbocycles. The summed E-state index contributed by atoms with van der Waals surface area (Å²) in [5.74, 6) is -6.21. The molecule has 24 heteroatoms. The lowest BCUT2D eigenvalue weighted by Gasteiger charge is -2.19. The molecule has 6 rings (SSSR count). The highest BCUT2D eigenvalue weighted by Gasteiger charge is 2.40. The van der Waals surface area contributed by atoms with Gasteiger partial charge >= 0.3 is 29.9 Å². The van der Waals surface area contributed by atoms with Crippen molar-refractivity contribution in [1.82, 2.24) is 14.0 Å². The van der Waals surface area contributed by atoms with Crippen LogP contribution in [-0.2, 0) is 47.1 Å². The van der Waals surface area contributed by atoms with Crippen LogP contribution in [0.2, 0.25) is 0 Å². The molecule has 2 aromatic heterocycles. The fourth-order valence-electron chi connectivity index (χ4n) is 5.41. The molecule has 3 aliphatic rings. The molecule has 0 aliphatic carbocycles. The second kappa shape index (κ2) is 13.9. The maximum atomic E-state index is 13.7. The summed E-state index contributed by atoms with van der Waals surface area (Å²) in [5, 5.41) is 28.3. The number of cyclic esters (lactones) is 1. The summed E-state index contributed by atoms with van der Waals surface area (Å²) in [6.45, 7) is -1.65. The number of carboxylic acids is 3. The van der Waals surface area contributed by atoms with Crippen molar-refractivity contribution in [1.29, 1.82) is 0 Å². The number of fused-ring (bicyclic) bond motifs is 2. The van der Waals surface area contributed by atoms with Gasteiger partial charge in [0.1, 0.15) is 33.5 Å². The predicted octanol–water partition coefficient (Wildman–Crippen LogP) is -1.32. The number of rotatable bonds is 11. The fraction of sp³-hybridized carbons (Fsp3) is 0.276. The third-order valence-corrected chi connectivity index (χ3v) is 10.8. The van der Waals surface area contributed by atoms with Crippen LogP contribution in [0, 0.1) is 9.20 Å². The summed E-state index contributed by atoms with van der Waals surface area (Å²) in [6, 6.07) is 3.13. The maximum absolute atomic E-state index is 13.7. The zero-order chi connectivity index (χ0) is 38.5. The van der Waals surface area contributed by atoms with Crippen LogP contribution in [0.1, 0.15) is 13.3 Å². The van der Waals surface area contributed by atoms with E-state index in [1.807, 2.05) is 0 Å². The van der Waals surface area contributed by atoms with E-state index in [0.29, 0.717) is 44.4 Å². The van der Waals surface area contributed by atoms with Gasteiger partial charge in [0.05, 0.1) is 16.0 Å². The number of allylic oxidation sites excluding steroid dienone is 1. The molecular formula is C29H24N4O17S3. The van der Waals surface area contributed by atoms with Gasteiger partial charge in [0, 0.05) is 24.3 Å². The number of carbonyl (C=O) groups is 5. The van der Waals surface area contributed by atoms with Crippen LogP contribution in [-0.4, -0.2) is 97.9 Å². The van der Waals surface area contributed by atoms with E-state index in [2.05, 4.69) is 0 Å². The number of aromatic nitrogens is 2. The number of imide groups is 1. The molecular weight excluding hydrogens is 773 g/mol. The van der Waals surface area contributed by atoms with Crippen LogP contribution in [0.4, 0.5) is 10.5 Å². The van der Waals surface area contributed by atoms with Crippen LogP contribution in [0.3, 0.4) is 0 Å². The van der Waals surface area contributed by atoms with Crippen LogP contribution in [0.25, 0.3) is 11.8 Å². The molecule has 0 saturated carbocycles. The number of carbonyl (C=O) groups excluding carboxylic acids is 2. The van der Waals surface area contributed by atoms with Crippen molar-refractivity contribution in [3.63, 3.8) is 0 Å². The maximum Gasteiger partial charge on any atom is 0.423 e. The Morgan fingerprint density at radius 1 is 0.830 bits per heavy atom. The standard InChI is InChI=1S/C29H24N4O17S3/c1-12(26-30(3-2-4-53(44,45)46)13-6-15-16(48-11-47-15)7-14(13)49-26)5-17-23(40)31(8-18(34)35)28(51-17)22-25(42)32(9-19(36)37)27(52-22)21-24(41)33(10-20(38)39)29(43)50-21/h5-7H,2-4,8-11H2,1H3,(H,34,35)(H,36,37)(H,38,39)(H,44,45,46)/b17-5-,26-12+,27-21+,28-22+. The molecule has 0 radical (unpaired) electrons. The summed E-state index contributed by atoms with van der Waals surface area (Å²) in [7, 11) is -4.32. The third-order valence-electron chi connectivity index (χ3n) is 7.57. The normalized spacial score (nSPS) is 18.0. The molecule has 1 fully saturated rings. The Hall–Kier alpha value is -5.98. The van der Waals surface area contributed by atoms with Crippen molar-refractivity contribution in [2.24, 2.45) is 0 Å². The van der Waals surface area contributed by atoms with Crippen molar-refractivity contribution in [3.8, 4) is 17.2 Å². The number of carboxylic acid groups (broad SMARTS) is 3. The lowest BCUT2D eigenvalue weighted by molar-refractivity contribution is -0.140. The van der Waals surface area contributed by atoms with E-state index in [9.17, 15) is 56.7 Å². The lowest BCUT2D eigenvalue weighted by Crippen LogP contribution is -2.35. The number of thiazole rings is 2. The number of benzene rings is 1. The Labute approximate surface area is 301 Å². The average Bonchev–Trinajstić information content (AvgIpc) is 3.86. The van der Waals surface area contributed by atoms with Gasteiger partial charge in [0.25, 0.3) is 21.2 Å². The molecule has 0 spiro atoms. The van der Waals surface area contributed by atoms with Crippen molar-refractivity contribution < 1.29 is 71.2 Å². The van der Waals surface area contributed by atoms with Crippen molar-refractivity contribution in [2.45, 2.75) is 26.4 Å². The molecule has 280 valence electrons. The van der Waals surface area contributed by atoms with Gasteiger partial charge in [0.2, 0.25) is 18.4 Å². The molecule has 53 heavy (non-hydrogen) atoms. The van der Waals surface area contributed by atoms with Crippen LogP contribution in [0.5, 0.6) is 17.2 Å². The molecule has 1 saturated heterocycles. The second-order valence-corrected chi connectivity index (χ2v) is 14.9. The average molecular weight is 797 g/mol. The number of aliphatic carboxylic acids is 3. The Balaban J connectivity index is 1.57. The third kappa shape index (κ3) is 7.24. The first-order chi connectivity index (χ1) is 24.9. The Kier molecular flexibility index (Phi) is 9.63. The molecule has 2 amide bonds. The number of ether oxygens (including phenoxy) is 4. The number of anilines is 1. The van der Waals surface area contributed by atoms with E-state index in [4.69, 9.17) is 24.1 Å². The topological polar surface area (TPSA) is 288 Å². The van der Waals surface area contributed by atoms with Gasteiger partial charge in [-0.1, -0.05) is 0 Å². The van der Waals surface area contributed by atoms with Crippen LogP contribution in [0.15, 0.2) is 33.2 Å². The minimum Gasteiger partial charge on any atom is -0.480 e. The zero-order valence-corrected chi connectivity index (χ0v) is 29.2. The fourth-order valence-corrected chi connectivity index (χ4v) is 8.30. The Morgan fingerprint density at radius 2 is 1.45 bits per heavy atom. The van der Waals surface area contributed by atoms with Gasteiger partial charge < -0.3 is 39.2 Å². The molecule has 21 nitrogen and oxygen atoms in total. The van der Waals surface area contributed by atoms with E-state index in [1.165, 1.54) is 13.0 Å². The second-order valence-electron chi connectivity index (χ2n) is 11.3. The highest BCUT2D eigenvalue weighted by atomic mass is 32.2. The van der Waals surface area contributed by atoms with Crippen LogP contribution >= 0.6 is 22.7 Å². The zero-order valence-electron chi connectivity index (χ0n) is 26.8. The summed E-state index contributed by atoms with van der Waals surface area (Å²) < 4.78 is 54.0. The monoisotopic (exact) mass is 796 g/mol. The molecule has 0 unspecified atom stereocenters. The minimum atomic E-state index is -4.32. The molecule has 3 aromatic rings. The first-order valence-electron chi connectivity index (χ1n) is 14.9. The smallest absolute Gasteiger partial charge is 0.423 e. The summed E-state index contributed by atoms with van der Waals surface area (Å²) >= 11 is 1.04. The SMILES string of the molecule is CC(/C=c1\s/c(=c2/s/c(=C3/OC(=O)N(CC(=O)O)C3=O)n(CC(=O)O)c2=O)n(CC(=O)O)c1=O)=C1\Oc2cc3c(cc2N1CCCS(=O)(=O)O)OCO3. The highest BCUT2D eigenvalue weighted by molar-refractivity contribution is 7.85. The number of amides is 2. The summed E-state index contributed by atoms with van der Waals surface area (Å²) in [4.78, 5) is 89.3. The first-order valence-corrected chi connectivity index (χ1v) is 18.1. The summed E-state index contributed by atoms with van der Waals surface area (Å²) in [6.07, 6.45) is -0.142. The molecule has 5 heterocycles.